The van der Waals surface area contributed by atoms with Crippen LogP contribution in [-0.2, 0) is 16.1 Å². The Balaban J connectivity index is 1.36. The molecule has 0 saturated carbocycles. The zero-order valence-electron chi connectivity index (χ0n) is 19.3. The van der Waals surface area contributed by atoms with Gasteiger partial charge in [-0.05, 0) is 24.1 Å². The molecule has 1 amide bonds. The number of amides is 1. The fourth-order valence-electron chi connectivity index (χ4n) is 4.24. The molecule has 178 valence electrons. The third-order valence-corrected chi connectivity index (χ3v) is 8.23. The van der Waals surface area contributed by atoms with E-state index < -0.39 is 0 Å². The van der Waals surface area contributed by atoms with Crippen molar-refractivity contribution >= 4 is 41.1 Å². The Morgan fingerprint density at radius 3 is 2.65 bits per heavy atom. The van der Waals surface area contributed by atoms with Crippen LogP contribution in [0.5, 0.6) is 0 Å². The van der Waals surface area contributed by atoms with Crippen molar-refractivity contribution in [1.29, 1.82) is 0 Å². The molecule has 2 aliphatic rings. The van der Waals surface area contributed by atoms with Crippen molar-refractivity contribution in [3.63, 3.8) is 0 Å². The van der Waals surface area contributed by atoms with Crippen LogP contribution in [0.25, 0.3) is 0 Å². The molecule has 0 radical (unpaired) electrons. The Labute approximate surface area is 208 Å². The molecule has 7 nitrogen and oxygen atoms in total. The monoisotopic (exact) mass is 495 g/mol. The Morgan fingerprint density at radius 2 is 1.82 bits per heavy atom. The van der Waals surface area contributed by atoms with Crippen LogP contribution < -0.4 is 9.80 Å². The molecule has 1 fully saturated rings. The molecule has 3 aromatic rings. The van der Waals surface area contributed by atoms with Gasteiger partial charge in [-0.3, -0.25) is 9.36 Å². The van der Waals surface area contributed by atoms with Crippen LogP contribution in [0.3, 0.4) is 0 Å². The summed E-state index contributed by atoms with van der Waals surface area (Å²) in [5.74, 6) is 1.27. The number of morpholine rings is 1. The van der Waals surface area contributed by atoms with E-state index in [0.29, 0.717) is 30.8 Å². The van der Waals surface area contributed by atoms with E-state index >= 15 is 0 Å². The number of nitrogens with zero attached hydrogens (tertiary/aromatic N) is 5. The lowest BCUT2D eigenvalue weighted by atomic mass is 10.2. The molecule has 5 rings (SSSR count). The van der Waals surface area contributed by atoms with Crippen molar-refractivity contribution in [3.8, 4) is 0 Å². The number of carbonyl (C=O) groups is 1. The number of rotatable bonds is 6. The van der Waals surface area contributed by atoms with Crippen LogP contribution >= 0.6 is 23.5 Å². The van der Waals surface area contributed by atoms with Gasteiger partial charge in [-0.15, -0.1) is 22.0 Å². The molecule has 1 atom stereocenters. The van der Waals surface area contributed by atoms with Gasteiger partial charge in [0, 0.05) is 29.8 Å². The number of ether oxygens (including phenoxy) is 1. The Morgan fingerprint density at radius 1 is 1.06 bits per heavy atom. The number of benzene rings is 2. The van der Waals surface area contributed by atoms with Crippen molar-refractivity contribution in [2.45, 2.75) is 35.2 Å². The predicted molar refractivity (Wildman–Crippen MR) is 138 cm³/mol. The van der Waals surface area contributed by atoms with E-state index in [9.17, 15) is 4.79 Å². The first-order valence-electron chi connectivity index (χ1n) is 11.7. The molecule has 2 aromatic carbocycles. The third kappa shape index (κ3) is 5.26. The number of para-hydroxylation sites is 1. The number of hydrogen-bond donors (Lipinski definition) is 0. The standard InChI is InChI=1S/C25H29N5O2S2/c1-19-11-12-29(21-9-5-6-10-22(21)34-19)23(31)18-33-25-27-26-24(28-13-15-32-16-14-28)30(25)17-20-7-3-2-4-8-20/h2-10,19H,11-18H2,1H3/t19-/m1/s1. The highest BCUT2D eigenvalue weighted by atomic mass is 32.2. The first kappa shape index (κ1) is 23.3. The normalized spacial score (nSPS) is 18.4. The van der Waals surface area contributed by atoms with Crippen molar-refractivity contribution in [2.75, 3.05) is 48.4 Å². The van der Waals surface area contributed by atoms with Crippen LogP contribution in [0.1, 0.15) is 18.9 Å². The van der Waals surface area contributed by atoms with Crippen molar-refractivity contribution in [1.82, 2.24) is 14.8 Å². The van der Waals surface area contributed by atoms with Crippen molar-refractivity contribution in [3.05, 3.63) is 60.2 Å². The van der Waals surface area contributed by atoms with Gasteiger partial charge in [-0.25, -0.2) is 0 Å². The maximum atomic E-state index is 13.4. The molecule has 0 spiro atoms. The summed E-state index contributed by atoms with van der Waals surface area (Å²) in [4.78, 5) is 18.7. The largest absolute Gasteiger partial charge is 0.378 e. The lowest BCUT2D eigenvalue weighted by Crippen LogP contribution is -2.38. The second-order valence-electron chi connectivity index (χ2n) is 8.47. The summed E-state index contributed by atoms with van der Waals surface area (Å²) in [6.45, 7) is 6.57. The fourth-order valence-corrected chi connectivity index (χ4v) is 6.16. The summed E-state index contributed by atoms with van der Waals surface area (Å²) in [6.07, 6.45) is 0.973. The summed E-state index contributed by atoms with van der Waals surface area (Å²) in [6, 6.07) is 18.5. The van der Waals surface area contributed by atoms with Crippen molar-refractivity contribution < 1.29 is 9.53 Å². The summed E-state index contributed by atoms with van der Waals surface area (Å²) < 4.78 is 7.65. The molecule has 2 aliphatic heterocycles. The van der Waals surface area contributed by atoms with Crippen LogP contribution in [-0.4, -0.2) is 64.5 Å². The number of thioether (sulfide) groups is 2. The lowest BCUT2D eigenvalue weighted by Gasteiger charge is -2.28. The van der Waals surface area contributed by atoms with Crippen LogP contribution in [0, 0.1) is 0 Å². The molecule has 0 aliphatic carbocycles. The van der Waals surface area contributed by atoms with E-state index in [0.717, 1.165) is 42.8 Å². The summed E-state index contributed by atoms with van der Waals surface area (Å²) in [5, 5.41) is 10.3. The second kappa shape index (κ2) is 10.8. The molecule has 1 aromatic heterocycles. The zero-order chi connectivity index (χ0) is 23.3. The number of aromatic nitrogens is 3. The molecule has 0 N–H and O–H groups in total. The van der Waals surface area contributed by atoms with E-state index in [4.69, 9.17) is 4.74 Å². The maximum absolute atomic E-state index is 13.4. The highest BCUT2D eigenvalue weighted by Gasteiger charge is 2.26. The first-order valence-corrected chi connectivity index (χ1v) is 13.5. The Hall–Kier alpha value is -2.49. The first-order chi connectivity index (χ1) is 16.7. The molecule has 9 heteroatoms. The minimum Gasteiger partial charge on any atom is -0.378 e. The average molecular weight is 496 g/mol. The average Bonchev–Trinajstić information content (AvgIpc) is 3.18. The smallest absolute Gasteiger partial charge is 0.237 e. The fraction of sp³-hybridized carbons (Fsp3) is 0.400. The number of fused-ring (bicyclic) bond motifs is 1. The quantitative estimate of drug-likeness (QED) is 0.476. The molecule has 34 heavy (non-hydrogen) atoms. The van der Waals surface area contributed by atoms with E-state index in [2.05, 4.69) is 50.9 Å². The van der Waals surface area contributed by atoms with E-state index in [1.165, 1.54) is 22.2 Å². The van der Waals surface area contributed by atoms with Gasteiger partial charge in [-0.2, -0.15) is 0 Å². The zero-order valence-corrected chi connectivity index (χ0v) is 20.9. The topological polar surface area (TPSA) is 63.5 Å². The highest BCUT2D eigenvalue weighted by Crippen LogP contribution is 2.37. The number of carbonyl (C=O) groups excluding carboxylic acids is 1. The second-order valence-corrected chi connectivity index (χ2v) is 10.9. The highest BCUT2D eigenvalue weighted by molar-refractivity contribution is 8.00. The van der Waals surface area contributed by atoms with Gasteiger partial charge in [0.05, 0.1) is 31.2 Å². The summed E-state index contributed by atoms with van der Waals surface area (Å²) in [5.41, 5.74) is 2.19. The molecule has 3 heterocycles. The van der Waals surface area contributed by atoms with Gasteiger partial charge in [0.2, 0.25) is 11.9 Å². The third-order valence-electron chi connectivity index (χ3n) is 6.04. The summed E-state index contributed by atoms with van der Waals surface area (Å²) >= 11 is 3.32. The van der Waals surface area contributed by atoms with Gasteiger partial charge < -0.3 is 14.5 Å². The number of anilines is 2. The van der Waals surface area contributed by atoms with Crippen LogP contribution in [0.2, 0.25) is 0 Å². The minimum absolute atomic E-state index is 0.106. The van der Waals surface area contributed by atoms with Gasteiger partial charge in [0.25, 0.3) is 0 Å². The summed E-state index contributed by atoms with van der Waals surface area (Å²) in [7, 11) is 0. The predicted octanol–water partition coefficient (Wildman–Crippen LogP) is 4.17. The van der Waals surface area contributed by atoms with Gasteiger partial charge in [0.1, 0.15) is 0 Å². The van der Waals surface area contributed by atoms with E-state index in [1.807, 2.05) is 47.0 Å². The minimum atomic E-state index is 0.106. The van der Waals surface area contributed by atoms with Crippen LogP contribution in [0.4, 0.5) is 11.6 Å². The molecule has 1 saturated heterocycles. The SMILES string of the molecule is C[C@@H]1CCN(C(=O)CSc2nnc(N3CCOCC3)n2Cc2ccccc2)c2ccccc2S1. The van der Waals surface area contributed by atoms with E-state index in [1.54, 1.807) is 0 Å². The van der Waals surface area contributed by atoms with Crippen LogP contribution in [0.15, 0.2) is 64.6 Å². The Bertz CT molecular complexity index is 1120. The van der Waals surface area contributed by atoms with Gasteiger partial charge in [-0.1, -0.05) is 61.2 Å². The van der Waals surface area contributed by atoms with E-state index in [-0.39, 0.29) is 5.91 Å². The molecular formula is C25H29N5O2S2. The van der Waals surface area contributed by atoms with Gasteiger partial charge in [0.15, 0.2) is 5.16 Å². The Kier molecular flexibility index (Phi) is 7.42. The molecule has 0 bridgehead atoms. The molecular weight excluding hydrogens is 466 g/mol. The lowest BCUT2D eigenvalue weighted by molar-refractivity contribution is -0.116. The van der Waals surface area contributed by atoms with Gasteiger partial charge >= 0.3 is 0 Å². The van der Waals surface area contributed by atoms with Crippen molar-refractivity contribution in [2.24, 2.45) is 0 Å². The maximum Gasteiger partial charge on any atom is 0.237 e. The number of hydrogen-bond acceptors (Lipinski definition) is 7. The molecule has 0 unspecified atom stereocenters.